The predicted octanol–water partition coefficient (Wildman–Crippen LogP) is 4.18. The van der Waals surface area contributed by atoms with Crippen LogP contribution in [0.3, 0.4) is 0 Å². The second-order valence-electron chi connectivity index (χ2n) is 4.70. The van der Waals surface area contributed by atoms with Crippen LogP contribution in [-0.4, -0.2) is 5.11 Å². The highest BCUT2D eigenvalue weighted by Gasteiger charge is 2.25. The van der Waals surface area contributed by atoms with Gasteiger partial charge in [-0.15, -0.1) is 0 Å². The Kier molecular flexibility index (Phi) is 4.02. The Balaban J connectivity index is 2.34. The van der Waals surface area contributed by atoms with Crippen molar-refractivity contribution in [1.82, 2.24) is 0 Å². The van der Waals surface area contributed by atoms with Gasteiger partial charge in [0.2, 0.25) is 0 Å². The molecular formula is C15H13BrF2O. The van der Waals surface area contributed by atoms with Crippen molar-refractivity contribution in [3.05, 3.63) is 69.7 Å². The van der Waals surface area contributed by atoms with E-state index in [1.54, 1.807) is 6.92 Å². The summed E-state index contributed by atoms with van der Waals surface area (Å²) in [5.74, 6) is -1.38. The van der Waals surface area contributed by atoms with Gasteiger partial charge in [0, 0.05) is 17.0 Å². The maximum atomic E-state index is 13.2. The van der Waals surface area contributed by atoms with Gasteiger partial charge in [-0.25, -0.2) is 8.78 Å². The molecular weight excluding hydrogens is 314 g/mol. The van der Waals surface area contributed by atoms with Crippen molar-refractivity contribution >= 4 is 15.9 Å². The van der Waals surface area contributed by atoms with Crippen LogP contribution in [-0.2, 0) is 12.0 Å². The molecule has 2 aromatic rings. The molecule has 0 fully saturated rings. The third-order valence-electron chi connectivity index (χ3n) is 2.98. The van der Waals surface area contributed by atoms with Crippen molar-refractivity contribution in [2.75, 3.05) is 0 Å². The van der Waals surface area contributed by atoms with Gasteiger partial charge in [-0.1, -0.05) is 34.1 Å². The van der Waals surface area contributed by atoms with Crippen molar-refractivity contribution < 1.29 is 13.9 Å². The van der Waals surface area contributed by atoms with Crippen LogP contribution in [0.15, 0.2) is 46.9 Å². The van der Waals surface area contributed by atoms with E-state index >= 15 is 0 Å². The van der Waals surface area contributed by atoms with Crippen molar-refractivity contribution in [2.24, 2.45) is 0 Å². The summed E-state index contributed by atoms with van der Waals surface area (Å²) in [5, 5.41) is 10.5. The molecule has 2 rings (SSSR count). The lowest BCUT2D eigenvalue weighted by molar-refractivity contribution is 0.0567. The zero-order chi connectivity index (χ0) is 14.0. The van der Waals surface area contributed by atoms with Crippen LogP contribution in [0.4, 0.5) is 8.78 Å². The van der Waals surface area contributed by atoms with Crippen LogP contribution in [0.1, 0.15) is 18.1 Å². The largest absolute Gasteiger partial charge is 0.385 e. The van der Waals surface area contributed by atoms with Gasteiger partial charge in [-0.2, -0.15) is 0 Å². The molecule has 0 saturated carbocycles. The van der Waals surface area contributed by atoms with Crippen molar-refractivity contribution in [2.45, 2.75) is 18.9 Å². The van der Waals surface area contributed by atoms with Crippen LogP contribution in [0.5, 0.6) is 0 Å². The summed E-state index contributed by atoms with van der Waals surface area (Å²) in [6, 6.07) is 10.5. The molecule has 19 heavy (non-hydrogen) atoms. The van der Waals surface area contributed by atoms with Gasteiger partial charge in [0.1, 0.15) is 11.6 Å². The Morgan fingerprint density at radius 2 is 1.68 bits per heavy atom. The summed E-state index contributed by atoms with van der Waals surface area (Å²) in [5.41, 5.74) is -0.245. The average Bonchev–Trinajstić information content (AvgIpc) is 2.31. The molecule has 0 bridgehead atoms. The van der Waals surface area contributed by atoms with Gasteiger partial charge in [0.05, 0.1) is 5.60 Å². The third kappa shape index (κ3) is 3.39. The Bertz CT molecular complexity index is 576. The molecule has 0 spiro atoms. The van der Waals surface area contributed by atoms with Crippen LogP contribution in [0, 0.1) is 11.6 Å². The van der Waals surface area contributed by atoms with E-state index in [2.05, 4.69) is 15.9 Å². The summed E-state index contributed by atoms with van der Waals surface area (Å²) in [6.45, 7) is 1.54. The Labute approximate surface area is 119 Å². The zero-order valence-corrected chi connectivity index (χ0v) is 11.9. The van der Waals surface area contributed by atoms with E-state index in [4.69, 9.17) is 0 Å². The minimum absolute atomic E-state index is 0.223. The fourth-order valence-electron chi connectivity index (χ4n) is 1.98. The lowest BCUT2D eigenvalue weighted by atomic mass is 9.89. The highest BCUT2D eigenvalue weighted by molar-refractivity contribution is 9.10. The maximum absolute atomic E-state index is 13.2. The number of aliphatic hydroxyl groups is 1. The number of rotatable bonds is 3. The molecule has 0 radical (unpaired) electrons. The third-order valence-corrected chi connectivity index (χ3v) is 3.75. The van der Waals surface area contributed by atoms with Gasteiger partial charge >= 0.3 is 0 Å². The number of halogens is 3. The molecule has 0 saturated heterocycles. The molecule has 0 aromatic heterocycles. The lowest BCUT2D eigenvalue weighted by Gasteiger charge is -2.24. The summed E-state index contributed by atoms with van der Waals surface area (Å²) in [4.78, 5) is 0. The van der Waals surface area contributed by atoms with Gasteiger partial charge in [0.25, 0.3) is 0 Å². The van der Waals surface area contributed by atoms with Crippen molar-refractivity contribution in [3.63, 3.8) is 0 Å². The molecule has 4 heteroatoms. The number of benzene rings is 2. The molecule has 0 aliphatic heterocycles. The number of hydrogen-bond acceptors (Lipinski definition) is 1. The first-order chi connectivity index (χ1) is 8.88. The second-order valence-corrected chi connectivity index (χ2v) is 5.55. The molecule has 1 N–H and O–H groups in total. The monoisotopic (exact) mass is 326 g/mol. The van der Waals surface area contributed by atoms with E-state index in [0.717, 1.165) is 28.2 Å². The van der Waals surface area contributed by atoms with Crippen molar-refractivity contribution in [1.29, 1.82) is 0 Å². The summed E-state index contributed by atoms with van der Waals surface area (Å²) < 4.78 is 27.3. The normalized spacial score (nSPS) is 14.2. The van der Waals surface area contributed by atoms with Crippen LogP contribution >= 0.6 is 15.9 Å². The molecule has 1 atom stereocenters. The van der Waals surface area contributed by atoms with Crippen LogP contribution in [0.2, 0.25) is 0 Å². The van der Waals surface area contributed by atoms with E-state index in [-0.39, 0.29) is 12.0 Å². The zero-order valence-electron chi connectivity index (χ0n) is 10.3. The lowest BCUT2D eigenvalue weighted by Crippen LogP contribution is -2.25. The SMILES string of the molecule is CC(O)(Cc1ccccc1Br)c1cc(F)cc(F)c1. The molecule has 0 heterocycles. The van der Waals surface area contributed by atoms with E-state index in [9.17, 15) is 13.9 Å². The van der Waals surface area contributed by atoms with Crippen molar-refractivity contribution in [3.8, 4) is 0 Å². The predicted molar refractivity (Wildman–Crippen MR) is 73.8 cm³/mol. The first-order valence-electron chi connectivity index (χ1n) is 5.81. The highest BCUT2D eigenvalue weighted by atomic mass is 79.9. The average molecular weight is 327 g/mol. The van der Waals surface area contributed by atoms with Crippen LogP contribution in [0.25, 0.3) is 0 Å². The quantitative estimate of drug-likeness (QED) is 0.897. The number of hydrogen-bond donors (Lipinski definition) is 1. The maximum Gasteiger partial charge on any atom is 0.126 e. The standard InChI is InChI=1S/C15H13BrF2O/c1-15(19,9-10-4-2-3-5-14(10)16)11-6-12(17)8-13(18)7-11/h2-8,19H,9H2,1H3. The van der Waals surface area contributed by atoms with Gasteiger partial charge in [-0.3, -0.25) is 0 Å². The fourth-order valence-corrected chi connectivity index (χ4v) is 2.40. The summed E-state index contributed by atoms with van der Waals surface area (Å²) in [6.07, 6.45) is 0.261. The van der Waals surface area contributed by atoms with E-state index < -0.39 is 17.2 Å². The molecule has 0 aliphatic carbocycles. The topological polar surface area (TPSA) is 20.2 Å². The molecule has 100 valence electrons. The first kappa shape index (κ1) is 14.2. The summed E-state index contributed by atoms with van der Waals surface area (Å²) in [7, 11) is 0. The van der Waals surface area contributed by atoms with Crippen LogP contribution < -0.4 is 0 Å². The van der Waals surface area contributed by atoms with E-state index in [1.807, 2.05) is 24.3 Å². The van der Waals surface area contributed by atoms with Gasteiger partial charge in [0.15, 0.2) is 0 Å². The molecule has 0 aliphatic rings. The Morgan fingerprint density at radius 3 is 2.26 bits per heavy atom. The van der Waals surface area contributed by atoms with Gasteiger partial charge < -0.3 is 5.11 Å². The van der Waals surface area contributed by atoms with Gasteiger partial charge in [-0.05, 0) is 36.2 Å². The minimum Gasteiger partial charge on any atom is -0.385 e. The minimum atomic E-state index is -1.34. The molecule has 1 nitrogen and oxygen atoms in total. The highest BCUT2D eigenvalue weighted by Crippen LogP contribution is 2.29. The molecule has 1 unspecified atom stereocenters. The molecule has 2 aromatic carbocycles. The second kappa shape index (κ2) is 5.39. The first-order valence-corrected chi connectivity index (χ1v) is 6.60. The molecule has 0 amide bonds. The fraction of sp³-hybridized carbons (Fsp3) is 0.200. The van der Waals surface area contributed by atoms with E-state index in [0.29, 0.717) is 0 Å². The van der Waals surface area contributed by atoms with E-state index in [1.165, 1.54) is 0 Å². The smallest absolute Gasteiger partial charge is 0.126 e. The summed E-state index contributed by atoms with van der Waals surface area (Å²) >= 11 is 3.39. The Morgan fingerprint density at radius 1 is 1.11 bits per heavy atom. The Hall–Kier alpha value is -1.26.